The Morgan fingerprint density at radius 1 is 1.54 bits per heavy atom. The third kappa shape index (κ3) is 7.29. The molecule has 0 aliphatic rings. The van der Waals surface area contributed by atoms with Gasteiger partial charge in [-0.2, -0.15) is 0 Å². The van der Waals surface area contributed by atoms with Gasteiger partial charge in [0.15, 0.2) is 0 Å². The molecule has 0 radical (unpaired) electrons. The van der Waals surface area contributed by atoms with Crippen LogP contribution in [0, 0.1) is 0 Å². The predicted molar refractivity (Wildman–Crippen MR) is 52.2 cm³/mol. The molecule has 74 valence electrons. The van der Waals surface area contributed by atoms with Crippen LogP contribution in [0.25, 0.3) is 0 Å². The van der Waals surface area contributed by atoms with E-state index >= 15 is 0 Å². The number of aliphatic imine (C=N–C) groups is 1. The molecule has 0 aromatic rings. The maximum absolute atomic E-state index is 9.70. The van der Waals surface area contributed by atoms with Gasteiger partial charge in [-0.05, 0) is 18.4 Å². The van der Waals surface area contributed by atoms with Crippen LogP contribution in [0.5, 0.6) is 0 Å². The van der Waals surface area contributed by atoms with E-state index in [0.29, 0.717) is 13.2 Å². The number of ether oxygens (including phenoxy) is 1. The Bertz CT molecular complexity index is 193. The molecule has 0 amide bonds. The summed E-state index contributed by atoms with van der Waals surface area (Å²) >= 11 is 0. The van der Waals surface area contributed by atoms with E-state index in [1.54, 1.807) is 6.26 Å². The third-order valence-electron chi connectivity index (χ3n) is 1.66. The molecule has 13 heavy (non-hydrogen) atoms. The predicted octanol–water partition coefficient (Wildman–Crippen LogP) is 2.43. The number of carbonyl (C=O) groups excluding carboxylic acids is 1. The van der Waals surface area contributed by atoms with Gasteiger partial charge in [-0.25, -0.2) is 9.79 Å². The zero-order valence-electron chi connectivity index (χ0n) is 8.38. The lowest BCUT2D eigenvalue weighted by molar-refractivity contribution is 0.255. The number of allylic oxidation sites excluding steroid dienone is 1. The Morgan fingerprint density at radius 2 is 2.31 bits per heavy atom. The van der Waals surface area contributed by atoms with Gasteiger partial charge in [-0.3, -0.25) is 0 Å². The van der Waals surface area contributed by atoms with Gasteiger partial charge in [-0.1, -0.05) is 20.3 Å². The van der Waals surface area contributed by atoms with Crippen LogP contribution in [0.15, 0.2) is 16.8 Å². The molecule has 0 N–H and O–H groups in total. The summed E-state index contributed by atoms with van der Waals surface area (Å²) in [7, 11) is 0. The zero-order chi connectivity index (χ0) is 9.94. The van der Waals surface area contributed by atoms with Crippen LogP contribution in [-0.4, -0.2) is 19.2 Å². The Hall–Kier alpha value is -1.08. The minimum atomic E-state index is 0.392. The first-order chi connectivity index (χ1) is 6.35. The highest BCUT2D eigenvalue weighted by molar-refractivity contribution is 5.32. The van der Waals surface area contributed by atoms with Gasteiger partial charge in [0.1, 0.15) is 6.61 Å². The number of hydrogen-bond donors (Lipinski definition) is 0. The lowest BCUT2D eigenvalue weighted by Gasteiger charge is -2.02. The third-order valence-corrected chi connectivity index (χ3v) is 1.66. The molecule has 0 unspecified atom stereocenters. The van der Waals surface area contributed by atoms with Crippen molar-refractivity contribution in [3.8, 4) is 0 Å². The number of isocyanates is 1. The summed E-state index contributed by atoms with van der Waals surface area (Å²) in [6.45, 7) is 5.10. The zero-order valence-corrected chi connectivity index (χ0v) is 8.38. The van der Waals surface area contributed by atoms with Crippen molar-refractivity contribution in [2.24, 2.45) is 4.99 Å². The standard InChI is InChI=1S/C10H17NO2/c1-3-5-10(4-2)8-13-7-6-11-9-12/h8H,3-7H2,1-2H3. The number of hydrogen-bond acceptors (Lipinski definition) is 3. The van der Waals surface area contributed by atoms with Gasteiger partial charge >= 0.3 is 0 Å². The highest BCUT2D eigenvalue weighted by atomic mass is 16.5. The largest absolute Gasteiger partial charge is 0.499 e. The van der Waals surface area contributed by atoms with Crippen LogP contribution in [0.4, 0.5) is 0 Å². The molecule has 0 rings (SSSR count). The molecule has 0 aromatic heterocycles. The molecule has 0 heterocycles. The molecule has 0 aromatic carbocycles. The first-order valence-corrected chi connectivity index (χ1v) is 4.68. The summed E-state index contributed by atoms with van der Waals surface area (Å²) in [6.07, 6.45) is 6.48. The van der Waals surface area contributed by atoms with Gasteiger partial charge in [0.05, 0.1) is 12.8 Å². The molecule has 0 spiro atoms. The van der Waals surface area contributed by atoms with E-state index in [1.807, 2.05) is 0 Å². The molecule has 0 aliphatic carbocycles. The van der Waals surface area contributed by atoms with Gasteiger partial charge in [0.2, 0.25) is 6.08 Å². The van der Waals surface area contributed by atoms with Gasteiger partial charge in [0.25, 0.3) is 0 Å². The van der Waals surface area contributed by atoms with Crippen LogP contribution >= 0.6 is 0 Å². The second kappa shape index (κ2) is 9.01. The van der Waals surface area contributed by atoms with E-state index in [2.05, 4.69) is 18.8 Å². The molecule has 3 heteroatoms. The monoisotopic (exact) mass is 183 g/mol. The second-order valence-electron chi connectivity index (χ2n) is 2.72. The van der Waals surface area contributed by atoms with Crippen LogP contribution in [0.1, 0.15) is 33.1 Å². The van der Waals surface area contributed by atoms with E-state index in [4.69, 9.17) is 4.74 Å². The number of rotatable bonds is 7. The molecule has 0 bridgehead atoms. The average molecular weight is 183 g/mol. The van der Waals surface area contributed by atoms with Crippen molar-refractivity contribution in [2.75, 3.05) is 13.2 Å². The highest BCUT2D eigenvalue weighted by Gasteiger charge is 1.92. The minimum absolute atomic E-state index is 0.392. The lowest BCUT2D eigenvalue weighted by atomic mass is 10.1. The maximum Gasteiger partial charge on any atom is 0.235 e. The van der Waals surface area contributed by atoms with Crippen molar-refractivity contribution in [1.29, 1.82) is 0 Å². The lowest BCUT2D eigenvalue weighted by Crippen LogP contribution is -1.93. The smallest absolute Gasteiger partial charge is 0.235 e. The normalized spacial score (nSPS) is 10.8. The summed E-state index contributed by atoms with van der Waals surface area (Å²) in [5, 5.41) is 0. The average Bonchev–Trinajstić information content (AvgIpc) is 2.16. The fraction of sp³-hybridized carbons (Fsp3) is 0.700. The Kier molecular flexibility index (Phi) is 8.26. The Balaban J connectivity index is 3.59. The van der Waals surface area contributed by atoms with Crippen LogP contribution in [0.3, 0.4) is 0 Å². The SMILES string of the molecule is CCCC(=COCCN=C=O)CC. The fourth-order valence-corrected chi connectivity index (χ4v) is 0.961. The summed E-state index contributed by atoms with van der Waals surface area (Å²) < 4.78 is 5.21. The molecular weight excluding hydrogens is 166 g/mol. The van der Waals surface area contributed by atoms with Gasteiger partial charge in [-0.15, -0.1) is 0 Å². The fourth-order valence-electron chi connectivity index (χ4n) is 0.961. The first-order valence-electron chi connectivity index (χ1n) is 4.68. The second-order valence-corrected chi connectivity index (χ2v) is 2.72. The van der Waals surface area contributed by atoms with Crippen molar-refractivity contribution in [3.63, 3.8) is 0 Å². The van der Waals surface area contributed by atoms with Gasteiger partial charge < -0.3 is 4.74 Å². The molecule has 3 nitrogen and oxygen atoms in total. The molecule has 0 saturated carbocycles. The van der Waals surface area contributed by atoms with Crippen LogP contribution in [0.2, 0.25) is 0 Å². The molecular formula is C10H17NO2. The summed E-state index contributed by atoms with van der Waals surface area (Å²) in [4.78, 5) is 13.1. The molecule has 0 saturated heterocycles. The molecule has 0 atom stereocenters. The van der Waals surface area contributed by atoms with E-state index in [-0.39, 0.29) is 0 Å². The summed E-state index contributed by atoms with van der Waals surface area (Å²) in [5.74, 6) is 0. The van der Waals surface area contributed by atoms with E-state index < -0.39 is 0 Å². The van der Waals surface area contributed by atoms with Crippen LogP contribution in [-0.2, 0) is 9.53 Å². The summed E-state index contributed by atoms with van der Waals surface area (Å²) in [5.41, 5.74) is 1.30. The van der Waals surface area contributed by atoms with Crippen LogP contribution < -0.4 is 0 Å². The quantitative estimate of drug-likeness (QED) is 0.263. The van der Waals surface area contributed by atoms with Gasteiger partial charge in [0, 0.05) is 0 Å². The minimum Gasteiger partial charge on any atom is -0.499 e. The van der Waals surface area contributed by atoms with Crippen molar-refractivity contribution in [2.45, 2.75) is 33.1 Å². The number of nitrogens with zero attached hydrogens (tertiary/aromatic N) is 1. The van der Waals surface area contributed by atoms with Crippen molar-refractivity contribution < 1.29 is 9.53 Å². The molecule has 0 aliphatic heterocycles. The first kappa shape index (κ1) is 11.9. The van der Waals surface area contributed by atoms with Crippen molar-refractivity contribution in [1.82, 2.24) is 0 Å². The Morgan fingerprint density at radius 3 is 2.85 bits per heavy atom. The Labute approximate surface area is 79.5 Å². The maximum atomic E-state index is 9.70. The van der Waals surface area contributed by atoms with Crippen molar-refractivity contribution in [3.05, 3.63) is 11.8 Å². The van der Waals surface area contributed by atoms with E-state index in [9.17, 15) is 4.79 Å². The van der Waals surface area contributed by atoms with Crippen molar-refractivity contribution >= 4 is 6.08 Å². The van der Waals surface area contributed by atoms with E-state index in [1.165, 1.54) is 11.7 Å². The van der Waals surface area contributed by atoms with E-state index in [0.717, 1.165) is 19.3 Å². The molecule has 0 fully saturated rings. The summed E-state index contributed by atoms with van der Waals surface area (Å²) in [6, 6.07) is 0. The topological polar surface area (TPSA) is 38.7 Å². The highest BCUT2D eigenvalue weighted by Crippen LogP contribution is 2.08.